The van der Waals surface area contributed by atoms with Crippen molar-refractivity contribution in [2.45, 2.75) is 17.9 Å². The Labute approximate surface area is 241 Å². The lowest BCUT2D eigenvalue weighted by Gasteiger charge is -2.39. The molecule has 2 aromatic carbocycles. The molecule has 10 heteroatoms. The third-order valence-corrected chi connectivity index (χ3v) is 7.41. The van der Waals surface area contributed by atoms with Gasteiger partial charge in [-0.15, -0.1) is 0 Å². The number of ether oxygens (including phenoxy) is 4. The highest BCUT2D eigenvalue weighted by Crippen LogP contribution is 2.49. The molecule has 0 aliphatic heterocycles. The fourth-order valence-corrected chi connectivity index (χ4v) is 5.27. The SMILES string of the molecule is COc1cc(C(O)(CCN(C)C)C(c2cc3cc(Br)ccc3nc2OC)c2cccc(OC)c2F)cc(OC)n1. The molecule has 40 heavy (non-hydrogen) atoms. The first-order valence-corrected chi connectivity index (χ1v) is 13.4. The Hall–Kier alpha value is -3.47. The zero-order valence-electron chi connectivity index (χ0n) is 23.4. The fraction of sp³-hybridized carbons (Fsp3) is 0.333. The molecule has 2 unspecified atom stereocenters. The number of benzene rings is 2. The molecule has 0 radical (unpaired) electrons. The number of fused-ring (bicyclic) bond motifs is 1. The second-order valence-electron chi connectivity index (χ2n) is 9.64. The molecule has 4 rings (SSSR count). The Morgan fingerprint density at radius 3 is 2.20 bits per heavy atom. The van der Waals surface area contributed by atoms with E-state index in [-0.39, 0.29) is 35.4 Å². The lowest BCUT2D eigenvalue weighted by molar-refractivity contribution is 0.00233. The van der Waals surface area contributed by atoms with Gasteiger partial charge in [-0.2, -0.15) is 4.98 Å². The molecule has 4 aromatic rings. The Bertz CT molecular complexity index is 1480. The Morgan fingerprint density at radius 2 is 1.60 bits per heavy atom. The van der Waals surface area contributed by atoms with Gasteiger partial charge in [0.15, 0.2) is 11.6 Å². The van der Waals surface area contributed by atoms with E-state index in [4.69, 9.17) is 23.9 Å². The predicted molar refractivity (Wildman–Crippen MR) is 155 cm³/mol. The molecular weight excluding hydrogens is 581 g/mol. The van der Waals surface area contributed by atoms with Crippen molar-refractivity contribution >= 4 is 26.8 Å². The van der Waals surface area contributed by atoms with Gasteiger partial charge in [-0.3, -0.25) is 0 Å². The minimum atomic E-state index is -1.71. The topological polar surface area (TPSA) is 86.2 Å². The highest BCUT2D eigenvalue weighted by Gasteiger charge is 2.44. The molecule has 1 N–H and O–H groups in total. The number of hydrogen-bond donors (Lipinski definition) is 1. The first kappa shape index (κ1) is 29.5. The van der Waals surface area contributed by atoms with Crippen LogP contribution in [0.4, 0.5) is 4.39 Å². The Kier molecular flexibility index (Phi) is 9.12. The van der Waals surface area contributed by atoms with Crippen LogP contribution >= 0.6 is 15.9 Å². The summed E-state index contributed by atoms with van der Waals surface area (Å²) in [6, 6.07) is 15.7. The van der Waals surface area contributed by atoms with Gasteiger partial charge in [0.1, 0.15) is 5.60 Å². The van der Waals surface area contributed by atoms with Crippen LogP contribution in [-0.4, -0.2) is 69.1 Å². The van der Waals surface area contributed by atoms with E-state index in [1.54, 1.807) is 30.3 Å². The van der Waals surface area contributed by atoms with Crippen molar-refractivity contribution in [2.75, 3.05) is 49.1 Å². The summed E-state index contributed by atoms with van der Waals surface area (Å²) in [5.41, 5.74) is 0.121. The maximum absolute atomic E-state index is 16.2. The molecule has 0 aliphatic rings. The zero-order valence-corrected chi connectivity index (χ0v) is 25.0. The van der Waals surface area contributed by atoms with Gasteiger partial charge in [-0.25, -0.2) is 9.37 Å². The molecule has 0 fully saturated rings. The number of aliphatic hydroxyl groups is 1. The predicted octanol–water partition coefficient (Wildman–Crippen LogP) is 5.54. The Balaban J connectivity index is 2.12. The second kappa shape index (κ2) is 12.4. The summed E-state index contributed by atoms with van der Waals surface area (Å²) in [5.74, 6) is -0.783. The minimum absolute atomic E-state index is 0.0535. The number of rotatable bonds is 11. The van der Waals surface area contributed by atoms with Gasteiger partial charge < -0.3 is 29.0 Å². The van der Waals surface area contributed by atoms with Crippen molar-refractivity contribution in [1.82, 2.24) is 14.9 Å². The van der Waals surface area contributed by atoms with Gasteiger partial charge in [-0.1, -0.05) is 28.1 Å². The normalized spacial score (nSPS) is 13.7. The van der Waals surface area contributed by atoms with Gasteiger partial charge in [0, 0.05) is 39.7 Å². The van der Waals surface area contributed by atoms with Crippen LogP contribution in [0.1, 0.15) is 29.0 Å². The van der Waals surface area contributed by atoms with Crippen LogP contribution in [0, 0.1) is 5.82 Å². The van der Waals surface area contributed by atoms with Crippen LogP contribution in [-0.2, 0) is 5.60 Å². The Morgan fingerprint density at radius 1 is 0.900 bits per heavy atom. The van der Waals surface area contributed by atoms with Crippen molar-refractivity contribution < 1.29 is 28.4 Å². The van der Waals surface area contributed by atoms with Crippen LogP contribution in [0.15, 0.2) is 59.1 Å². The summed E-state index contributed by atoms with van der Waals surface area (Å²) < 4.78 is 39.0. The standard InChI is InChI=1S/C30H33BrFN3O5/c1-35(2)13-12-30(36,19-16-25(38-4)34-26(17-19)39-5)27(21-8-7-9-24(37-3)28(21)32)22-15-18-14-20(31)10-11-23(18)33-29(22)40-6/h7-11,14-17,27,36H,12-13H2,1-6H3. The minimum Gasteiger partial charge on any atom is -0.494 e. The van der Waals surface area contributed by atoms with Crippen molar-refractivity contribution in [3.8, 4) is 23.4 Å². The molecule has 0 spiro atoms. The maximum Gasteiger partial charge on any atom is 0.217 e. The number of nitrogens with zero attached hydrogens (tertiary/aromatic N) is 3. The second-order valence-corrected chi connectivity index (χ2v) is 10.6. The molecule has 0 saturated heterocycles. The zero-order chi connectivity index (χ0) is 29.0. The summed E-state index contributed by atoms with van der Waals surface area (Å²) >= 11 is 3.53. The largest absolute Gasteiger partial charge is 0.494 e. The highest BCUT2D eigenvalue weighted by atomic mass is 79.9. The molecule has 0 aliphatic carbocycles. The van der Waals surface area contributed by atoms with E-state index < -0.39 is 17.3 Å². The summed E-state index contributed by atoms with van der Waals surface area (Å²) in [6.07, 6.45) is 0.206. The lowest BCUT2D eigenvalue weighted by Crippen LogP contribution is -2.38. The van der Waals surface area contributed by atoms with Gasteiger partial charge >= 0.3 is 0 Å². The van der Waals surface area contributed by atoms with Crippen molar-refractivity contribution in [3.05, 3.63) is 81.6 Å². The molecule has 8 nitrogen and oxygen atoms in total. The summed E-state index contributed by atoms with van der Waals surface area (Å²) in [6.45, 7) is 0.473. The average Bonchev–Trinajstić information content (AvgIpc) is 2.96. The number of halogens is 2. The molecule has 2 heterocycles. The van der Waals surface area contributed by atoms with Crippen LogP contribution in [0.25, 0.3) is 10.9 Å². The van der Waals surface area contributed by atoms with Gasteiger partial charge in [-0.05, 0) is 56.4 Å². The van der Waals surface area contributed by atoms with Crippen LogP contribution in [0.5, 0.6) is 23.4 Å². The molecule has 2 atom stereocenters. The molecular formula is C30H33BrFN3O5. The number of methoxy groups -OCH3 is 4. The van der Waals surface area contributed by atoms with Crippen molar-refractivity contribution in [1.29, 1.82) is 0 Å². The van der Waals surface area contributed by atoms with E-state index in [1.807, 2.05) is 43.3 Å². The average molecular weight is 615 g/mol. The first-order chi connectivity index (χ1) is 19.1. The van der Waals surface area contributed by atoms with Crippen LogP contribution < -0.4 is 18.9 Å². The molecule has 0 saturated carbocycles. The summed E-state index contributed by atoms with van der Waals surface area (Å²) in [7, 11) is 9.70. The fourth-order valence-electron chi connectivity index (χ4n) is 4.90. The van der Waals surface area contributed by atoms with E-state index in [9.17, 15) is 5.11 Å². The first-order valence-electron chi connectivity index (χ1n) is 12.6. The van der Waals surface area contributed by atoms with Crippen molar-refractivity contribution in [3.63, 3.8) is 0 Å². The van der Waals surface area contributed by atoms with Crippen LogP contribution in [0.3, 0.4) is 0 Å². The quantitative estimate of drug-likeness (QED) is 0.236. The summed E-state index contributed by atoms with van der Waals surface area (Å²) in [5, 5.41) is 13.7. The molecule has 212 valence electrons. The van der Waals surface area contributed by atoms with Gasteiger partial charge in [0.25, 0.3) is 0 Å². The third kappa shape index (κ3) is 5.84. The van der Waals surface area contributed by atoms with Crippen LogP contribution in [0.2, 0.25) is 0 Å². The number of pyridine rings is 2. The smallest absolute Gasteiger partial charge is 0.217 e. The number of aromatic nitrogens is 2. The maximum atomic E-state index is 16.2. The van der Waals surface area contributed by atoms with E-state index in [0.29, 0.717) is 23.2 Å². The van der Waals surface area contributed by atoms with Gasteiger partial charge in [0.05, 0.1) is 39.9 Å². The summed E-state index contributed by atoms with van der Waals surface area (Å²) in [4.78, 5) is 11.0. The van der Waals surface area contributed by atoms with E-state index in [0.717, 1.165) is 9.86 Å². The highest BCUT2D eigenvalue weighted by molar-refractivity contribution is 9.10. The van der Waals surface area contributed by atoms with Gasteiger partial charge in [0.2, 0.25) is 17.6 Å². The van der Waals surface area contributed by atoms with E-state index >= 15 is 4.39 Å². The molecule has 0 bridgehead atoms. The van der Waals surface area contributed by atoms with E-state index in [1.165, 1.54) is 28.4 Å². The molecule has 2 aromatic heterocycles. The van der Waals surface area contributed by atoms with E-state index in [2.05, 4.69) is 20.9 Å². The molecule has 0 amide bonds. The number of hydrogen-bond acceptors (Lipinski definition) is 8. The third-order valence-electron chi connectivity index (χ3n) is 6.91. The lowest BCUT2D eigenvalue weighted by atomic mass is 9.71. The van der Waals surface area contributed by atoms with Crippen molar-refractivity contribution in [2.24, 2.45) is 0 Å². The monoisotopic (exact) mass is 613 g/mol.